The fourth-order valence-electron chi connectivity index (χ4n) is 4.29. The third-order valence-electron chi connectivity index (χ3n) is 5.59. The zero-order valence-corrected chi connectivity index (χ0v) is 18.1. The predicted octanol–water partition coefficient (Wildman–Crippen LogP) is 5.21. The van der Waals surface area contributed by atoms with Gasteiger partial charge in [0.1, 0.15) is 0 Å². The summed E-state index contributed by atoms with van der Waals surface area (Å²) in [7, 11) is 0. The summed E-state index contributed by atoms with van der Waals surface area (Å²) < 4.78 is 31.3. The Labute approximate surface area is 166 Å². The summed E-state index contributed by atoms with van der Waals surface area (Å²) in [5.41, 5.74) is 0. The third-order valence-corrected chi connectivity index (χ3v) is 5.59. The number of ether oxygens (including phenoxy) is 5. The van der Waals surface area contributed by atoms with E-state index in [1.807, 2.05) is 0 Å². The summed E-state index contributed by atoms with van der Waals surface area (Å²) in [4.78, 5) is 0. The second-order valence-corrected chi connectivity index (χ2v) is 8.31. The maximum Gasteiger partial charge on any atom is 0.174 e. The summed E-state index contributed by atoms with van der Waals surface area (Å²) in [6.45, 7) is 11.1. The van der Waals surface area contributed by atoms with Crippen molar-refractivity contribution in [3.05, 3.63) is 0 Å². The van der Waals surface area contributed by atoms with E-state index < -0.39 is 11.6 Å². The standard InChI is InChI=1S/C22H42O5/c1-5-7-9-11-21(17-19(3)23-13-15-25-21)27-22(12-10-8-6-2)18-20(4)24-14-16-26-22/h19-20H,5-18H2,1-4H3. The number of hydrogen-bond donors (Lipinski definition) is 0. The minimum absolute atomic E-state index is 0.126. The van der Waals surface area contributed by atoms with Gasteiger partial charge in [-0.1, -0.05) is 39.5 Å². The van der Waals surface area contributed by atoms with Gasteiger partial charge in [-0.25, -0.2) is 0 Å². The quantitative estimate of drug-likeness (QED) is 0.483. The highest BCUT2D eigenvalue weighted by atomic mass is 16.8. The summed E-state index contributed by atoms with van der Waals surface area (Å²) in [5.74, 6) is -1.25. The maximum atomic E-state index is 6.90. The molecule has 0 aromatic carbocycles. The summed E-state index contributed by atoms with van der Waals surface area (Å²) in [6, 6.07) is 0. The Hall–Kier alpha value is -0.200. The highest BCUT2D eigenvalue weighted by Crippen LogP contribution is 2.40. The maximum absolute atomic E-state index is 6.90. The molecule has 0 spiro atoms. The summed E-state index contributed by atoms with van der Waals surface area (Å²) >= 11 is 0. The molecular weight excluding hydrogens is 344 g/mol. The topological polar surface area (TPSA) is 46.2 Å². The Morgan fingerprint density at radius 2 is 1.15 bits per heavy atom. The molecule has 0 aliphatic carbocycles. The molecule has 4 unspecified atom stereocenters. The van der Waals surface area contributed by atoms with E-state index in [2.05, 4.69) is 27.7 Å². The van der Waals surface area contributed by atoms with Crippen LogP contribution in [0.3, 0.4) is 0 Å². The van der Waals surface area contributed by atoms with Crippen LogP contribution in [0.15, 0.2) is 0 Å². The van der Waals surface area contributed by atoms with Gasteiger partial charge in [-0.15, -0.1) is 0 Å². The van der Waals surface area contributed by atoms with Crippen LogP contribution in [0.2, 0.25) is 0 Å². The van der Waals surface area contributed by atoms with E-state index in [0.717, 1.165) is 38.5 Å². The molecule has 4 atom stereocenters. The average Bonchev–Trinajstić information content (AvgIpc) is 2.91. The Morgan fingerprint density at radius 1 is 0.704 bits per heavy atom. The van der Waals surface area contributed by atoms with Gasteiger partial charge in [-0.2, -0.15) is 0 Å². The first kappa shape index (κ1) is 23.1. The molecule has 2 aliphatic rings. The van der Waals surface area contributed by atoms with Gasteiger partial charge in [0, 0.05) is 25.7 Å². The zero-order valence-electron chi connectivity index (χ0n) is 18.1. The molecule has 0 radical (unpaired) electrons. The SMILES string of the molecule is CCCCCC1(OC2(CCCCC)CC(C)OCCO2)CC(C)OCCO1. The molecule has 160 valence electrons. The highest BCUT2D eigenvalue weighted by Gasteiger charge is 2.46. The Kier molecular flexibility index (Phi) is 10.0. The molecule has 5 nitrogen and oxygen atoms in total. The smallest absolute Gasteiger partial charge is 0.174 e. The summed E-state index contributed by atoms with van der Waals surface area (Å²) in [6.07, 6.45) is 10.5. The van der Waals surface area contributed by atoms with Gasteiger partial charge in [0.2, 0.25) is 0 Å². The van der Waals surface area contributed by atoms with Crippen LogP contribution in [0.25, 0.3) is 0 Å². The molecule has 0 aromatic heterocycles. The van der Waals surface area contributed by atoms with Crippen LogP contribution in [0.5, 0.6) is 0 Å². The van der Waals surface area contributed by atoms with E-state index in [1.54, 1.807) is 0 Å². The minimum Gasteiger partial charge on any atom is -0.376 e. The first-order chi connectivity index (χ1) is 13.0. The first-order valence-corrected chi connectivity index (χ1v) is 11.2. The fraction of sp³-hybridized carbons (Fsp3) is 1.00. The molecule has 2 saturated heterocycles. The minimum atomic E-state index is -0.624. The average molecular weight is 387 g/mol. The molecule has 0 bridgehead atoms. The summed E-state index contributed by atoms with van der Waals surface area (Å²) in [5, 5.41) is 0. The van der Waals surface area contributed by atoms with Crippen molar-refractivity contribution in [2.75, 3.05) is 26.4 Å². The lowest BCUT2D eigenvalue weighted by Crippen LogP contribution is -2.50. The monoisotopic (exact) mass is 386 g/mol. The normalized spacial score (nSPS) is 35.6. The van der Waals surface area contributed by atoms with Gasteiger partial charge in [0.15, 0.2) is 11.6 Å². The van der Waals surface area contributed by atoms with Crippen LogP contribution in [0.4, 0.5) is 0 Å². The van der Waals surface area contributed by atoms with Crippen molar-refractivity contribution in [2.45, 2.75) is 116 Å². The molecular formula is C22H42O5. The third kappa shape index (κ3) is 7.62. The molecule has 5 heteroatoms. The fourth-order valence-corrected chi connectivity index (χ4v) is 4.29. The van der Waals surface area contributed by atoms with E-state index in [9.17, 15) is 0 Å². The van der Waals surface area contributed by atoms with Gasteiger partial charge < -0.3 is 23.7 Å². The van der Waals surface area contributed by atoms with Crippen molar-refractivity contribution in [1.29, 1.82) is 0 Å². The zero-order chi connectivity index (χ0) is 19.6. The van der Waals surface area contributed by atoms with Crippen molar-refractivity contribution < 1.29 is 23.7 Å². The highest BCUT2D eigenvalue weighted by molar-refractivity contribution is 4.84. The van der Waals surface area contributed by atoms with E-state index in [1.165, 1.54) is 25.7 Å². The molecule has 2 fully saturated rings. The van der Waals surface area contributed by atoms with Crippen molar-refractivity contribution in [3.8, 4) is 0 Å². The van der Waals surface area contributed by atoms with Gasteiger partial charge in [-0.05, 0) is 26.7 Å². The van der Waals surface area contributed by atoms with E-state index in [-0.39, 0.29) is 12.2 Å². The van der Waals surface area contributed by atoms with Gasteiger partial charge in [0.25, 0.3) is 0 Å². The van der Waals surface area contributed by atoms with Crippen LogP contribution in [-0.4, -0.2) is 50.2 Å². The van der Waals surface area contributed by atoms with Crippen LogP contribution >= 0.6 is 0 Å². The molecule has 2 aliphatic heterocycles. The van der Waals surface area contributed by atoms with Gasteiger partial charge in [-0.3, -0.25) is 0 Å². The van der Waals surface area contributed by atoms with Crippen LogP contribution < -0.4 is 0 Å². The molecule has 0 N–H and O–H groups in total. The molecule has 0 saturated carbocycles. The van der Waals surface area contributed by atoms with E-state index >= 15 is 0 Å². The van der Waals surface area contributed by atoms with Crippen LogP contribution in [0, 0.1) is 0 Å². The second kappa shape index (κ2) is 11.7. The number of rotatable bonds is 10. The largest absolute Gasteiger partial charge is 0.376 e. The lowest BCUT2D eigenvalue weighted by molar-refractivity contribution is -0.365. The Morgan fingerprint density at radius 3 is 1.56 bits per heavy atom. The number of unbranched alkanes of at least 4 members (excludes halogenated alkanes) is 4. The number of hydrogen-bond acceptors (Lipinski definition) is 5. The Balaban J connectivity index is 2.20. The van der Waals surface area contributed by atoms with Crippen molar-refractivity contribution in [2.24, 2.45) is 0 Å². The Bertz CT molecular complexity index is 368. The van der Waals surface area contributed by atoms with Gasteiger partial charge in [0.05, 0.1) is 38.6 Å². The molecule has 0 aromatic rings. The lowest BCUT2D eigenvalue weighted by Gasteiger charge is -2.43. The molecule has 0 amide bonds. The molecule has 2 rings (SSSR count). The van der Waals surface area contributed by atoms with E-state index in [4.69, 9.17) is 23.7 Å². The molecule has 27 heavy (non-hydrogen) atoms. The second-order valence-electron chi connectivity index (χ2n) is 8.31. The van der Waals surface area contributed by atoms with Crippen molar-refractivity contribution >= 4 is 0 Å². The van der Waals surface area contributed by atoms with Crippen molar-refractivity contribution in [1.82, 2.24) is 0 Å². The molecule has 2 heterocycles. The van der Waals surface area contributed by atoms with E-state index in [0.29, 0.717) is 26.4 Å². The van der Waals surface area contributed by atoms with Crippen LogP contribution in [0.1, 0.15) is 91.9 Å². The first-order valence-electron chi connectivity index (χ1n) is 11.2. The van der Waals surface area contributed by atoms with Crippen LogP contribution in [-0.2, 0) is 23.7 Å². The predicted molar refractivity (Wildman–Crippen MR) is 107 cm³/mol. The lowest BCUT2D eigenvalue weighted by atomic mass is 9.97. The van der Waals surface area contributed by atoms with Crippen molar-refractivity contribution in [3.63, 3.8) is 0 Å². The van der Waals surface area contributed by atoms with Gasteiger partial charge >= 0.3 is 0 Å².